The number of ether oxygens (including phenoxy) is 4. The molecule has 1 unspecified atom stereocenters. The fourth-order valence-electron chi connectivity index (χ4n) is 5.19. The zero-order valence-electron chi connectivity index (χ0n) is 22.1. The summed E-state index contributed by atoms with van der Waals surface area (Å²) in [5.41, 5.74) is 2.49. The van der Waals surface area contributed by atoms with Crippen molar-refractivity contribution >= 4 is 17.1 Å². The highest BCUT2D eigenvalue weighted by Crippen LogP contribution is 2.51. The van der Waals surface area contributed by atoms with Crippen LogP contribution >= 0.6 is 0 Å². The number of hydrogen-bond donors (Lipinski definition) is 1. The summed E-state index contributed by atoms with van der Waals surface area (Å²) in [6.45, 7) is 7.27. The first-order valence-electron chi connectivity index (χ1n) is 13.4. The highest BCUT2D eigenvalue weighted by Gasteiger charge is 2.49. The van der Waals surface area contributed by atoms with Crippen LogP contribution in [0.15, 0.2) is 30.5 Å². The Bertz CT molecular complexity index is 1350. The third kappa shape index (κ3) is 5.09. The van der Waals surface area contributed by atoms with Gasteiger partial charge in [0.1, 0.15) is 22.6 Å². The van der Waals surface area contributed by atoms with Gasteiger partial charge in [-0.05, 0) is 88.6 Å². The number of amides is 1. The fraction of sp³-hybridized carbons (Fsp3) is 0.517. The first kappa shape index (κ1) is 25.1. The molecule has 1 atom stereocenters. The van der Waals surface area contributed by atoms with E-state index in [0.29, 0.717) is 36.5 Å². The molecular weight excluding hydrogens is 489 g/mol. The Labute approximate surface area is 221 Å². The Kier molecular flexibility index (Phi) is 6.31. The molecule has 6 rings (SSSR count). The molecule has 0 bridgehead atoms. The minimum Gasteiger partial charge on any atom is -0.453 e. The van der Waals surface area contributed by atoms with Crippen molar-refractivity contribution in [2.45, 2.75) is 83.3 Å². The predicted octanol–water partition coefficient (Wildman–Crippen LogP) is 6.32. The molecule has 38 heavy (non-hydrogen) atoms. The first-order chi connectivity index (χ1) is 18.2. The number of rotatable bonds is 5. The molecule has 2 fully saturated rings. The topological polar surface area (TPSA) is 85.9 Å². The van der Waals surface area contributed by atoms with E-state index in [-0.39, 0.29) is 18.1 Å². The average molecular weight is 524 g/mol. The largest absolute Gasteiger partial charge is 0.453 e. The van der Waals surface area contributed by atoms with E-state index in [4.69, 9.17) is 18.9 Å². The molecule has 3 aliphatic rings. The van der Waals surface area contributed by atoms with Gasteiger partial charge in [0.2, 0.25) is 0 Å². The summed E-state index contributed by atoms with van der Waals surface area (Å²) in [4.78, 5) is 21.9. The molecule has 8 nitrogen and oxygen atoms in total. The number of fused-ring (bicyclic) bond motifs is 2. The Morgan fingerprint density at radius 1 is 1.21 bits per heavy atom. The molecule has 2 aliphatic heterocycles. The number of benzene rings is 1. The highest BCUT2D eigenvalue weighted by atomic mass is 19.1. The summed E-state index contributed by atoms with van der Waals surface area (Å²) in [6, 6.07) is 7.58. The maximum Gasteiger partial charge on any atom is 0.410 e. The second kappa shape index (κ2) is 9.54. The maximum atomic E-state index is 15.0. The van der Waals surface area contributed by atoms with Crippen LogP contribution < -0.4 is 4.74 Å². The molecule has 1 aromatic carbocycles. The Morgan fingerprint density at radius 2 is 2.05 bits per heavy atom. The quantitative estimate of drug-likeness (QED) is 0.421. The van der Waals surface area contributed by atoms with Crippen molar-refractivity contribution in [1.82, 2.24) is 14.9 Å². The number of hydrogen-bond acceptors (Lipinski definition) is 6. The first-order valence-corrected chi connectivity index (χ1v) is 13.4. The van der Waals surface area contributed by atoms with Crippen molar-refractivity contribution in [3.8, 4) is 11.5 Å². The minimum atomic E-state index is -0.560. The van der Waals surface area contributed by atoms with Gasteiger partial charge in [-0.15, -0.1) is 0 Å². The molecule has 0 radical (unpaired) electrons. The molecule has 1 saturated heterocycles. The Hall–Kier alpha value is -3.17. The van der Waals surface area contributed by atoms with Crippen molar-refractivity contribution in [2.75, 3.05) is 13.2 Å². The van der Waals surface area contributed by atoms with E-state index in [9.17, 15) is 4.79 Å². The van der Waals surface area contributed by atoms with E-state index in [1.165, 1.54) is 6.20 Å². The summed E-state index contributed by atoms with van der Waals surface area (Å²) in [5.74, 6) is 0.0661. The lowest BCUT2D eigenvalue weighted by Gasteiger charge is -2.31. The van der Waals surface area contributed by atoms with Gasteiger partial charge in [0.15, 0.2) is 17.9 Å². The molecule has 1 saturated carbocycles. The van der Waals surface area contributed by atoms with Crippen molar-refractivity contribution in [3.63, 3.8) is 0 Å². The monoisotopic (exact) mass is 523 g/mol. The van der Waals surface area contributed by atoms with Crippen LogP contribution in [0, 0.1) is 5.82 Å². The summed E-state index contributed by atoms with van der Waals surface area (Å²) >= 11 is 0. The molecule has 3 aromatic rings. The molecule has 4 heterocycles. The SMILES string of the molecule is CC(C)(C)OC(=O)N1CCc2ccc(Oc3c(F)cnc4[nH]c(C5(OC6CCCCO6)CC5)cc34)cc2C1. The zero-order valence-corrected chi connectivity index (χ0v) is 22.1. The van der Waals surface area contributed by atoms with Crippen molar-refractivity contribution in [1.29, 1.82) is 0 Å². The van der Waals surface area contributed by atoms with Gasteiger partial charge >= 0.3 is 6.09 Å². The van der Waals surface area contributed by atoms with E-state index in [2.05, 4.69) is 9.97 Å². The van der Waals surface area contributed by atoms with Crippen LogP contribution in [0.4, 0.5) is 9.18 Å². The average Bonchev–Trinajstić information content (AvgIpc) is 3.52. The lowest BCUT2D eigenvalue weighted by molar-refractivity contribution is -0.200. The van der Waals surface area contributed by atoms with Gasteiger partial charge in [-0.2, -0.15) is 0 Å². The van der Waals surface area contributed by atoms with Crippen molar-refractivity contribution in [3.05, 3.63) is 53.1 Å². The second-order valence-corrected chi connectivity index (χ2v) is 11.5. The second-order valence-electron chi connectivity index (χ2n) is 11.5. The zero-order chi connectivity index (χ0) is 26.5. The van der Waals surface area contributed by atoms with Gasteiger partial charge in [0, 0.05) is 25.4 Å². The highest BCUT2D eigenvalue weighted by molar-refractivity contribution is 5.84. The number of carbonyl (C=O) groups is 1. The van der Waals surface area contributed by atoms with E-state index >= 15 is 4.39 Å². The lowest BCUT2D eigenvalue weighted by Crippen LogP contribution is -2.39. The molecule has 202 valence electrons. The molecule has 1 amide bonds. The van der Waals surface area contributed by atoms with Crippen molar-refractivity contribution < 1.29 is 28.1 Å². The van der Waals surface area contributed by atoms with Crippen LogP contribution in [0.25, 0.3) is 11.0 Å². The third-order valence-electron chi connectivity index (χ3n) is 7.32. The molecule has 9 heteroatoms. The molecule has 2 aromatic heterocycles. The van der Waals surface area contributed by atoms with Gasteiger partial charge < -0.3 is 28.8 Å². The Morgan fingerprint density at radius 3 is 2.79 bits per heavy atom. The van der Waals surface area contributed by atoms with Gasteiger partial charge in [0.25, 0.3) is 0 Å². The van der Waals surface area contributed by atoms with Gasteiger partial charge in [-0.25, -0.2) is 14.2 Å². The number of carbonyl (C=O) groups excluding carboxylic acids is 1. The fourth-order valence-corrected chi connectivity index (χ4v) is 5.19. The number of halogens is 1. The normalized spacial score (nSPS) is 20.7. The maximum absolute atomic E-state index is 15.0. The minimum absolute atomic E-state index is 0.113. The van der Waals surface area contributed by atoms with Gasteiger partial charge in [-0.3, -0.25) is 0 Å². The number of aromatic amines is 1. The van der Waals surface area contributed by atoms with Crippen LogP contribution in [0.1, 0.15) is 69.7 Å². The molecular formula is C29H34FN3O5. The number of nitrogens with zero attached hydrogens (tertiary/aromatic N) is 2. The predicted molar refractivity (Wildman–Crippen MR) is 139 cm³/mol. The number of pyridine rings is 1. The molecule has 1 N–H and O–H groups in total. The summed E-state index contributed by atoms with van der Waals surface area (Å²) in [5, 5.41) is 0.563. The van der Waals surface area contributed by atoms with E-state index in [0.717, 1.165) is 55.3 Å². The standard InChI is InChI=1S/C29H34FN3O5/c1-28(2,3)38-27(34)33-12-9-18-7-8-20(14-19(18)17-33)36-25-21-15-23(32-26(21)31-16-22(25)30)29(10-11-29)37-24-6-4-5-13-35-24/h7-8,14-16,24H,4-6,9-13,17H2,1-3H3,(H,31,32). The summed E-state index contributed by atoms with van der Waals surface area (Å²) in [6.07, 6.45) is 6.11. The van der Waals surface area contributed by atoms with E-state index in [1.807, 2.05) is 45.0 Å². The summed E-state index contributed by atoms with van der Waals surface area (Å²) < 4.78 is 38.9. The van der Waals surface area contributed by atoms with Gasteiger partial charge in [0.05, 0.1) is 11.6 Å². The number of H-pyrrole nitrogens is 1. The van der Waals surface area contributed by atoms with E-state index in [1.54, 1.807) is 4.90 Å². The van der Waals surface area contributed by atoms with Crippen LogP contribution in [-0.2, 0) is 32.8 Å². The lowest BCUT2D eigenvalue weighted by atomic mass is 10.00. The number of nitrogens with one attached hydrogen (secondary N) is 1. The van der Waals surface area contributed by atoms with Gasteiger partial charge in [-0.1, -0.05) is 6.07 Å². The summed E-state index contributed by atoms with van der Waals surface area (Å²) in [7, 11) is 0. The Balaban J connectivity index is 1.23. The molecule has 1 aliphatic carbocycles. The van der Waals surface area contributed by atoms with Crippen molar-refractivity contribution in [2.24, 2.45) is 0 Å². The number of aromatic nitrogens is 2. The third-order valence-corrected chi connectivity index (χ3v) is 7.32. The van der Waals surface area contributed by atoms with Crippen LogP contribution in [0.3, 0.4) is 0 Å². The van der Waals surface area contributed by atoms with E-state index < -0.39 is 17.0 Å². The van der Waals surface area contributed by atoms with Crippen LogP contribution in [0.5, 0.6) is 11.5 Å². The smallest absolute Gasteiger partial charge is 0.410 e. The van der Waals surface area contributed by atoms with Crippen LogP contribution in [-0.4, -0.2) is 46.0 Å². The van der Waals surface area contributed by atoms with Crippen LogP contribution in [0.2, 0.25) is 0 Å². The molecule has 0 spiro atoms.